The number of halogens is 1. The minimum absolute atomic E-state index is 0.0997. The summed E-state index contributed by atoms with van der Waals surface area (Å²) in [5.74, 6) is 0.201. The zero-order valence-corrected chi connectivity index (χ0v) is 20.5. The molecular weight excluding hydrogens is 487 g/mol. The molecule has 0 spiro atoms. The molecule has 0 saturated heterocycles. The van der Waals surface area contributed by atoms with Gasteiger partial charge in [0.15, 0.2) is 11.0 Å². The van der Waals surface area contributed by atoms with Gasteiger partial charge in [-0.2, -0.15) is 5.10 Å². The van der Waals surface area contributed by atoms with Crippen LogP contribution >= 0.6 is 11.8 Å². The number of aromatic nitrogens is 3. The number of anilines is 1. The molecule has 2 N–H and O–H groups in total. The first-order valence-electron chi connectivity index (χ1n) is 11.6. The highest BCUT2D eigenvalue weighted by molar-refractivity contribution is 7.99. The lowest BCUT2D eigenvalue weighted by Gasteiger charge is -2.12. The van der Waals surface area contributed by atoms with E-state index in [1.165, 1.54) is 30.1 Å². The number of rotatable bonds is 9. The lowest BCUT2D eigenvalue weighted by molar-refractivity contribution is -0.118. The molecule has 0 aliphatic carbocycles. The molecule has 0 fully saturated rings. The SMILES string of the molecule is O=C(CSc1nnc(CNc2cccc3ccccc23)n1-c1ccccc1)N/N=C\c1ccc(F)cc1. The molecule has 4 aromatic carbocycles. The van der Waals surface area contributed by atoms with Crippen molar-refractivity contribution in [2.24, 2.45) is 5.10 Å². The van der Waals surface area contributed by atoms with E-state index in [-0.39, 0.29) is 17.5 Å². The van der Waals surface area contributed by atoms with Gasteiger partial charge >= 0.3 is 0 Å². The Morgan fingerprint density at radius 2 is 1.68 bits per heavy atom. The third-order valence-corrected chi connectivity index (χ3v) is 6.48. The number of nitrogens with zero attached hydrogens (tertiary/aromatic N) is 4. The summed E-state index contributed by atoms with van der Waals surface area (Å²) in [6.45, 7) is 0.449. The van der Waals surface area contributed by atoms with Crippen molar-refractivity contribution < 1.29 is 9.18 Å². The van der Waals surface area contributed by atoms with Crippen molar-refractivity contribution >= 4 is 40.3 Å². The minimum Gasteiger partial charge on any atom is -0.377 e. The van der Waals surface area contributed by atoms with Crippen molar-refractivity contribution in [2.45, 2.75) is 11.7 Å². The summed E-state index contributed by atoms with van der Waals surface area (Å²) in [7, 11) is 0. The van der Waals surface area contributed by atoms with Gasteiger partial charge < -0.3 is 5.32 Å². The summed E-state index contributed by atoms with van der Waals surface area (Å²) >= 11 is 1.27. The maximum atomic E-state index is 13.0. The molecule has 0 radical (unpaired) electrons. The van der Waals surface area contributed by atoms with E-state index in [2.05, 4.69) is 44.2 Å². The first kappa shape index (κ1) is 24.2. The van der Waals surface area contributed by atoms with E-state index < -0.39 is 0 Å². The molecule has 9 heteroatoms. The van der Waals surface area contributed by atoms with Gasteiger partial charge in [0, 0.05) is 16.8 Å². The second kappa shape index (κ2) is 11.5. The van der Waals surface area contributed by atoms with Gasteiger partial charge in [0.05, 0.1) is 18.5 Å². The summed E-state index contributed by atoms with van der Waals surface area (Å²) in [6.07, 6.45) is 1.46. The molecule has 184 valence electrons. The standard InChI is InChI=1S/C28H23FN6OS/c29-22-15-13-20(14-16-22)17-31-33-27(36)19-37-28-34-32-26(35(28)23-9-2-1-3-10-23)18-30-25-12-6-8-21-7-4-5-11-24(21)25/h1-17,30H,18-19H2,(H,33,36)/b31-17-. The molecule has 0 aliphatic rings. The van der Waals surface area contributed by atoms with Crippen molar-refractivity contribution in [1.29, 1.82) is 0 Å². The molecule has 0 saturated carbocycles. The fraction of sp³-hybridized carbons (Fsp3) is 0.0714. The van der Waals surface area contributed by atoms with Gasteiger partial charge in [0.25, 0.3) is 5.91 Å². The Kier molecular flexibility index (Phi) is 7.52. The van der Waals surface area contributed by atoms with Gasteiger partial charge in [-0.25, -0.2) is 9.82 Å². The molecule has 1 amide bonds. The van der Waals surface area contributed by atoms with E-state index in [1.807, 2.05) is 59.2 Å². The molecule has 1 aromatic heterocycles. The number of amides is 1. The number of nitrogens with one attached hydrogen (secondary N) is 2. The Labute approximate surface area is 217 Å². The van der Waals surface area contributed by atoms with E-state index in [4.69, 9.17) is 0 Å². The molecular formula is C28H23FN6OS. The highest BCUT2D eigenvalue weighted by Crippen LogP contribution is 2.25. The zero-order valence-electron chi connectivity index (χ0n) is 19.7. The molecule has 37 heavy (non-hydrogen) atoms. The van der Waals surface area contributed by atoms with E-state index in [1.54, 1.807) is 12.1 Å². The van der Waals surface area contributed by atoms with Crippen LogP contribution in [0.4, 0.5) is 10.1 Å². The van der Waals surface area contributed by atoms with Crippen LogP contribution in [0.2, 0.25) is 0 Å². The van der Waals surface area contributed by atoms with Crippen LogP contribution in [0.1, 0.15) is 11.4 Å². The number of fused-ring (bicyclic) bond motifs is 1. The average Bonchev–Trinajstić information content (AvgIpc) is 3.35. The van der Waals surface area contributed by atoms with Gasteiger partial charge in [-0.15, -0.1) is 10.2 Å². The summed E-state index contributed by atoms with van der Waals surface area (Å²) in [6, 6.07) is 30.0. The molecule has 5 rings (SSSR count). The second-order valence-electron chi connectivity index (χ2n) is 8.08. The molecule has 0 atom stereocenters. The Hall–Kier alpha value is -4.50. The lowest BCUT2D eigenvalue weighted by atomic mass is 10.1. The Balaban J connectivity index is 1.29. The van der Waals surface area contributed by atoms with Crippen molar-refractivity contribution in [2.75, 3.05) is 11.1 Å². The van der Waals surface area contributed by atoms with E-state index in [0.717, 1.165) is 28.0 Å². The average molecular weight is 511 g/mol. The van der Waals surface area contributed by atoms with Crippen LogP contribution in [0.15, 0.2) is 107 Å². The predicted molar refractivity (Wildman–Crippen MR) is 145 cm³/mol. The third kappa shape index (κ3) is 6.02. The smallest absolute Gasteiger partial charge is 0.250 e. The molecule has 0 unspecified atom stereocenters. The predicted octanol–water partition coefficient (Wildman–Crippen LogP) is 5.41. The molecule has 0 aliphatic heterocycles. The summed E-state index contributed by atoms with van der Waals surface area (Å²) in [5, 5.41) is 19.1. The van der Waals surface area contributed by atoms with Gasteiger partial charge in [-0.1, -0.05) is 78.5 Å². The van der Waals surface area contributed by atoms with Crippen molar-refractivity contribution in [1.82, 2.24) is 20.2 Å². The Morgan fingerprint density at radius 1 is 0.919 bits per heavy atom. The number of hydrogen-bond acceptors (Lipinski definition) is 6. The zero-order chi connectivity index (χ0) is 25.5. The fourth-order valence-electron chi connectivity index (χ4n) is 3.79. The van der Waals surface area contributed by atoms with Gasteiger partial charge in [-0.05, 0) is 41.3 Å². The molecule has 7 nitrogen and oxygen atoms in total. The van der Waals surface area contributed by atoms with E-state index in [9.17, 15) is 9.18 Å². The van der Waals surface area contributed by atoms with Crippen LogP contribution in [0.25, 0.3) is 16.5 Å². The van der Waals surface area contributed by atoms with Crippen LogP contribution in [0.5, 0.6) is 0 Å². The highest BCUT2D eigenvalue weighted by Gasteiger charge is 2.16. The van der Waals surface area contributed by atoms with Gasteiger partial charge in [0.2, 0.25) is 0 Å². The lowest BCUT2D eigenvalue weighted by Crippen LogP contribution is -2.20. The van der Waals surface area contributed by atoms with E-state index in [0.29, 0.717) is 17.3 Å². The number of hydrazone groups is 1. The van der Waals surface area contributed by atoms with Crippen LogP contribution < -0.4 is 10.7 Å². The topological polar surface area (TPSA) is 84.2 Å². The summed E-state index contributed by atoms with van der Waals surface area (Å²) < 4.78 is 15.0. The number of carbonyl (C=O) groups is 1. The Morgan fingerprint density at radius 3 is 2.51 bits per heavy atom. The first-order valence-corrected chi connectivity index (χ1v) is 12.6. The highest BCUT2D eigenvalue weighted by atomic mass is 32.2. The third-order valence-electron chi connectivity index (χ3n) is 5.55. The molecule has 5 aromatic rings. The van der Waals surface area contributed by atoms with Crippen LogP contribution in [0.3, 0.4) is 0 Å². The van der Waals surface area contributed by atoms with Crippen LogP contribution in [-0.2, 0) is 11.3 Å². The number of hydrogen-bond donors (Lipinski definition) is 2. The Bertz CT molecular complexity index is 1530. The normalized spacial score (nSPS) is 11.2. The number of benzene rings is 4. The van der Waals surface area contributed by atoms with Gasteiger partial charge in [0.1, 0.15) is 5.82 Å². The summed E-state index contributed by atoms with van der Waals surface area (Å²) in [4.78, 5) is 12.4. The van der Waals surface area contributed by atoms with E-state index >= 15 is 0 Å². The van der Waals surface area contributed by atoms with Gasteiger partial charge in [-0.3, -0.25) is 9.36 Å². The number of para-hydroxylation sites is 1. The largest absolute Gasteiger partial charge is 0.377 e. The first-order chi connectivity index (χ1) is 18.2. The molecule has 0 bridgehead atoms. The summed E-state index contributed by atoms with van der Waals surface area (Å²) in [5.41, 5.74) is 5.08. The molecule has 1 heterocycles. The maximum absolute atomic E-state index is 13.0. The fourth-order valence-corrected chi connectivity index (χ4v) is 4.55. The van der Waals surface area contributed by atoms with Crippen molar-refractivity contribution in [3.05, 3.63) is 114 Å². The minimum atomic E-state index is -0.327. The second-order valence-corrected chi connectivity index (χ2v) is 9.03. The quantitative estimate of drug-likeness (QED) is 0.157. The monoisotopic (exact) mass is 510 g/mol. The number of carbonyl (C=O) groups excluding carboxylic acids is 1. The number of thioether (sulfide) groups is 1. The maximum Gasteiger partial charge on any atom is 0.250 e. The van der Waals surface area contributed by atoms with Crippen LogP contribution in [-0.4, -0.2) is 32.6 Å². The van der Waals surface area contributed by atoms with Crippen molar-refractivity contribution in [3.63, 3.8) is 0 Å². The van der Waals surface area contributed by atoms with Crippen molar-refractivity contribution in [3.8, 4) is 5.69 Å². The van der Waals surface area contributed by atoms with Crippen LogP contribution in [0, 0.1) is 5.82 Å².